The maximum atomic E-state index is 6.13. The topological polar surface area (TPSA) is 43.8 Å². The fraction of sp³-hybridized carbons (Fsp3) is 0.632. The number of nitrogen functional groups attached to an aromatic ring is 1. The van der Waals surface area contributed by atoms with E-state index in [2.05, 4.69) is 24.5 Å². The van der Waals surface area contributed by atoms with E-state index in [-0.39, 0.29) is 0 Å². The highest BCUT2D eigenvalue weighted by Crippen LogP contribution is 2.29. The highest BCUT2D eigenvalue weighted by Gasteiger charge is 2.17. The van der Waals surface area contributed by atoms with Gasteiger partial charge in [-0.1, -0.05) is 52.0 Å². The summed E-state index contributed by atoms with van der Waals surface area (Å²) in [5.74, 6) is 2.75. The molecule has 0 saturated heterocycles. The predicted octanol–water partition coefficient (Wildman–Crippen LogP) is 4.79. The van der Waals surface area contributed by atoms with Crippen molar-refractivity contribution in [1.29, 1.82) is 0 Å². The van der Waals surface area contributed by atoms with Crippen LogP contribution in [0.3, 0.4) is 0 Å². The molecule has 0 spiro atoms. The fourth-order valence-corrected chi connectivity index (χ4v) is 3.79. The number of hydrogen-bond donors (Lipinski definition) is 1. The predicted molar refractivity (Wildman–Crippen MR) is 93.9 cm³/mol. The van der Waals surface area contributed by atoms with Gasteiger partial charge in [0.25, 0.3) is 0 Å². The first-order chi connectivity index (χ1) is 10.6. The summed E-state index contributed by atoms with van der Waals surface area (Å²) in [6.07, 6.45) is 9.45. The van der Waals surface area contributed by atoms with Gasteiger partial charge in [0, 0.05) is 13.0 Å². The van der Waals surface area contributed by atoms with Gasteiger partial charge in [0.2, 0.25) is 0 Å². The van der Waals surface area contributed by atoms with Gasteiger partial charge in [-0.25, -0.2) is 4.98 Å². The van der Waals surface area contributed by atoms with Gasteiger partial charge in [0.15, 0.2) is 0 Å². The Morgan fingerprint density at radius 1 is 1.23 bits per heavy atom. The minimum Gasteiger partial charge on any atom is -0.397 e. The van der Waals surface area contributed by atoms with Crippen LogP contribution in [-0.2, 0) is 13.0 Å². The molecule has 0 atom stereocenters. The number of anilines is 1. The van der Waals surface area contributed by atoms with Crippen LogP contribution in [0.1, 0.15) is 58.2 Å². The molecule has 1 fully saturated rings. The summed E-state index contributed by atoms with van der Waals surface area (Å²) in [4.78, 5) is 4.89. The third-order valence-electron chi connectivity index (χ3n) is 4.94. The van der Waals surface area contributed by atoms with Gasteiger partial charge in [-0.05, 0) is 30.4 Å². The molecule has 1 aliphatic carbocycles. The number of hydrogen-bond acceptors (Lipinski definition) is 2. The third-order valence-corrected chi connectivity index (χ3v) is 4.94. The lowest BCUT2D eigenvalue weighted by Gasteiger charge is -2.21. The lowest BCUT2D eigenvalue weighted by Crippen LogP contribution is -2.12. The van der Waals surface area contributed by atoms with Crippen LogP contribution in [0.4, 0.5) is 5.69 Å². The summed E-state index contributed by atoms with van der Waals surface area (Å²) in [5.41, 5.74) is 9.13. The van der Waals surface area contributed by atoms with E-state index >= 15 is 0 Å². The Bertz CT molecular complexity index is 621. The fourth-order valence-electron chi connectivity index (χ4n) is 3.79. The van der Waals surface area contributed by atoms with Gasteiger partial charge in [-0.15, -0.1) is 0 Å². The van der Waals surface area contributed by atoms with Crippen molar-refractivity contribution < 1.29 is 0 Å². The molecule has 1 aromatic heterocycles. The molecule has 0 amide bonds. The second kappa shape index (κ2) is 6.72. The Morgan fingerprint density at radius 2 is 2.00 bits per heavy atom. The first-order valence-electron chi connectivity index (χ1n) is 8.88. The molecule has 0 aliphatic heterocycles. The Morgan fingerprint density at radius 3 is 2.73 bits per heavy atom. The van der Waals surface area contributed by atoms with E-state index in [4.69, 9.17) is 10.7 Å². The number of fused-ring (bicyclic) bond motifs is 1. The zero-order chi connectivity index (χ0) is 15.5. The van der Waals surface area contributed by atoms with E-state index < -0.39 is 0 Å². The van der Waals surface area contributed by atoms with E-state index in [1.165, 1.54) is 49.9 Å². The Hall–Kier alpha value is -1.51. The molecule has 3 nitrogen and oxygen atoms in total. The number of rotatable bonds is 5. The normalized spacial score (nSPS) is 16.7. The van der Waals surface area contributed by atoms with Crippen molar-refractivity contribution in [1.82, 2.24) is 9.55 Å². The Labute approximate surface area is 133 Å². The zero-order valence-electron chi connectivity index (χ0n) is 14.0. The molecule has 2 N–H and O–H groups in total. The quantitative estimate of drug-likeness (QED) is 0.807. The highest BCUT2D eigenvalue weighted by molar-refractivity contribution is 5.87. The van der Waals surface area contributed by atoms with Gasteiger partial charge in [-0.3, -0.25) is 0 Å². The summed E-state index contributed by atoms with van der Waals surface area (Å²) in [7, 11) is 0. The maximum absolute atomic E-state index is 6.13. The van der Waals surface area contributed by atoms with Crippen molar-refractivity contribution in [2.75, 3.05) is 5.73 Å². The average Bonchev–Trinajstić information content (AvgIpc) is 2.85. The minimum absolute atomic E-state index is 0.618. The van der Waals surface area contributed by atoms with Crippen molar-refractivity contribution in [3.8, 4) is 0 Å². The van der Waals surface area contributed by atoms with Gasteiger partial charge in [0.1, 0.15) is 11.3 Å². The summed E-state index contributed by atoms with van der Waals surface area (Å²) < 4.78 is 2.40. The Kier molecular flexibility index (Phi) is 4.70. The number of aryl methyl sites for hydroxylation is 1. The average molecular weight is 299 g/mol. The van der Waals surface area contributed by atoms with Crippen molar-refractivity contribution >= 4 is 16.7 Å². The van der Waals surface area contributed by atoms with Crippen LogP contribution >= 0.6 is 0 Å². The summed E-state index contributed by atoms with van der Waals surface area (Å²) >= 11 is 0. The van der Waals surface area contributed by atoms with Crippen molar-refractivity contribution in [2.24, 2.45) is 11.8 Å². The largest absolute Gasteiger partial charge is 0.397 e. The first kappa shape index (κ1) is 15.4. The number of benzene rings is 1. The first-order valence-corrected chi connectivity index (χ1v) is 8.88. The number of nitrogens with zero attached hydrogens (tertiary/aromatic N) is 2. The summed E-state index contributed by atoms with van der Waals surface area (Å²) in [5, 5.41) is 0. The third kappa shape index (κ3) is 3.29. The van der Waals surface area contributed by atoms with Gasteiger partial charge < -0.3 is 10.3 Å². The van der Waals surface area contributed by atoms with Gasteiger partial charge in [0.05, 0.1) is 11.2 Å². The van der Waals surface area contributed by atoms with Gasteiger partial charge >= 0.3 is 0 Å². The van der Waals surface area contributed by atoms with E-state index in [0.717, 1.165) is 30.1 Å². The molecular weight excluding hydrogens is 270 g/mol. The van der Waals surface area contributed by atoms with E-state index in [1.807, 2.05) is 12.1 Å². The van der Waals surface area contributed by atoms with E-state index in [0.29, 0.717) is 5.92 Å². The summed E-state index contributed by atoms with van der Waals surface area (Å²) in [6.45, 7) is 5.56. The molecule has 120 valence electrons. The van der Waals surface area contributed by atoms with Gasteiger partial charge in [-0.2, -0.15) is 0 Å². The molecule has 1 aliphatic rings. The van der Waals surface area contributed by atoms with Crippen LogP contribution in [0, 0.1) is 11.8 Å². The van der Waals surface area contributed by atoms with Crippen LogP contribution in [0.2, 0.25) is 0 Å². The second-order valence-electron chi connectivity index (χ2n) is 7.29. The standard InChI is InChI=1S/C19H29N3/c1-14(2)13-22-17-10-6-9-16(20)19(17)21-18(22)12-11-15-7-4-3-5-8-15/h6,9-10,14-15H,3-5,7-8,11-13,20H2,1-2H3. The summed E-state index contributed by atoms with van der Waals surface area (Å²) in [6, 6.07) is 6.16. The molecule has 3 rings (SSSR count). The lowest BCUT2D eigenvalue weighted by atomic mass is 9.86. The van der Waals surface area contributed by atoms with Crippen LogP contribution < -0.4 is 5.73 Å². The molecule has 3 heteroatoms. The van der Waals surface area contributed by atoms with E-state index in [1.54, 1.807) is 0 Å². The number of aromatic nitrogens is 2. The molecule has 22 heavy (non-hydrogen) atoms. The lowest BCUT2D eigenvalue weighted by molar-refractivity contribution is 0.335. The van der Waals surface area contributed by atoms with Crippen molar-refractivity contribution in [3.63, 3.8) is 0 Å². The van der Waals surface area contributed by atoms with Crippen LogP contribution in [-0.4, -0.2) is 9.55 Å². The van der Waals surface area contributed by atoms with Crippen LogP contribution in [0.15, 0.2) is 18.2 Å². The second-order valence-corrected chi connectivity index (χ2v) is 7.29. The van der Waals surface area contributed by atoms with Crippen LogP contribution in [0.5, 0.6) is 0 Å². The molecule has 1 saturated carbocycles. The molecule has 0 unspecified atom stereocenters. The SMILES string of the molecule is CC(C)Cn1c(CCC2CCCCC2)nc2c(N)cccc21. The van der Waals surface area contributed by atoms with Crippen molar-refractivity contribution in [3.05, 3.63) is 24.0 Å². The number of nitrogens with two attached hydrogens (primary N) is 1. The minimum atomic E-state index is 0.618. The molecule has 1 aromatic carbocycles. The van der Waals surface area contributed by atoms with Crippen molar-refractivity contribution in [2.45, 2.75) is 65.3 Å². The molecule has 1 heterocycles. The number of imidazole rings is 1. The molecule has 0 radical (unpaired) electrons. The van der Waals surface area contributed by atoms with E-state index in [9.17, 15) is 0 Å². The molecule has 2 aromatic rings. The highest BCUT2D eigenvalue weighted by atomic mass is 15.1. The molecular formula is C19H29N3. The Balaban J connectivity index is 1.84. The monoisotopic (exact) mass is 299 g/mol. The number of para-hydroxylation sites is 1. The smallest absolute Gasteiger partial charge is 0.112 e. The maximum Gasteiger partial charge on any atom is 0.112 e. The molecule has 0 bridgehead atoms. The van der Waals surface area contributed by atoms with Crippen LogP contribution in [0.25, 0.3) is 11.0 Å². The zero-order valence-corrected chi connectivity index (χ0v) is 14.0.